The minimum atomic E-state index is -0.271. The molecular weight excluding hydrogens is 280 g/mol. The average molecular weight is 301 g/mol. The van der Waals surface area contributed by atoms with E-state index < -0.39 is 0 Å². The Hall–Kier alpha value is -1.30. The van der Waals surface area contributed by atoms with Crippen LogP contribution < -0.4 is 11.1 Å². The summed E-state index contributed by atoms with van der Waals surface area (Å²) in [7, 11) is 0. The van der Waals surface area contributed by atoms with Crippen LogP contribution in [-0.2, 0) is 14.3 Å². The molecule has 1 amide bonds. The first-order chi connectivity index (χ1) is 9.63. The molecule has 3 N–H and O–H groups in total. The molecule has 0 heterocycles. The van der Waals surface area contributed by atoms with Crippen molar-refractivity contribution < 1.29 is 14.3 Å². The number of nitrogens with one attached hydrogen (secondary N) is 1. The van der Waals surface area contributed by atoms with Crippen LogP contribution in [0, 0.1) is 0 Å². The summed E-state index contributed by atoms with van der Waals surface area (Å²) in [5, 5.41) is 3.16. The van der Waals surface area contributed by atoms with Crippen LogP contribution >= 0.6 is 11.6 Å². The number of amides is 1. The number of nitrogens with two attached hydrogens (primary N) is 1. The largest absolute Gasteiger partial charge is 0.397 e. The van der Waals surface area contributed by atoms with Gasteiger partial charge in [-0.25, -0.2) is 0 Å². The van der Waals surface area contributed by atoms with Crippen molar-refractivity contribution in [1.29, 1.82) is 0 Å². The maximum absolute atomic E-state index is 11.6. The third kappa shape index (κ3) is 6.75. The summed E-state index contributed by atoms with van der Waals surface area (Å²) < 4.78 is 10.5. The number of hydrogen-bond donors (Lipinski definition) is 2. The number of anilines is 2. The topological polar surface area (TPSA) is 73.6 Å². The minimum absolute atomic E-state index is 0.0386. The third-order valence-electron chi connectivity index (χ3n) is 2.54. The fourth-order valence-electron chi connectivity index (χ4n) is 1.45. The van der Waals surface area contributed by atoms with Crippen LogP contribution in [0.5, 0.6) is 0 Å². The monoisotopic (exact) mass is 300 g/mol. The van der Waals surface area contributed by atoms with E-state index in [-0.39, 0.29) is 12.5 Å². The summed E-state index contributed by atoms with van der Waals surface area (Å²) in [5.41, 5.74) is 6.68. The van der Waals surface area contributed by atoms with E-state index in [1.54, 1.807) is 18.2 Å². The number of halogens is 1. The number of ether oxygens (including phenoxy) is 2. The first-order valence-electron chi connectivity index (χ1n) is 6.64. The maximum atomic E-state index is 11.6. The van der Waals surface area contributed by atoms with Gasteiger partial charge in [0.1, 0.15) is 6.61 Å². The second-order valence-corrected chi connectivity index (χ2v) is 4.73. The van der Waals surface area contributed by atoms with Gasteiger partial charge in [0.15, 0.2) is 0 Å². The fraction of sp³-hybridized carbons (Fsp3) is 0.500. The number of hydrogen-bond acceptors (Lipinski definition) is 4. The van der Waals surface area contributed by atoms with E-state index in [1.807, 2.05) is 0 Å². The average Bonchev–Trinajstić information content (AvgIpc) is 2.42. The highest BCUT2D eigenvalue weighted by Gasteiger charge is 2.06. The van der Waals surface area contributed by atoms with Gasteiger partial charge in [-0.1, -0.05) is 24.9 Å². The Labute approximate surface area is 124 Å². The summed E-state index contributed by atoms with van der Waals surface area (Å²) >= 11 is 5.83. The van der Waals surface area contributed by atoms with Gasteiger partial charge in [0.25, 0.3) is 0 Å². The van der Waals surface area contributed by atoms with Gasteiger partial charge in [-0.3, -0.25) is 4.79 Å². The molecule has 0 spiro atoms. The lowest BCUT2D eigenvalue weighted by atomic mass is 10.2. The quantitative estimate of drug-likeness (QED) is 0.543. The lowest BCUT2D eigenvalue weighted by molar-refractivity contribution is -0.121. The molecule has 0 aromatic heterocycles. The van der Waals surface area contributed by atoms with Crippen LogP contribution in [0.2, 0.25) is 5.02 Å². The van der Waals surface area contributed by atoms with Gasteiger partial charge >= 0.3 is 0 Å². The van der Waals surface area contributed by atoms with Crippen LogP contribution in [0.1, 0.15) is 19.8 Å². The molecular formula is C14H21ClN2O3. The van der Waals surface area contributed by atoms with Crippen molar-refractivity contribution in [2.45, 2.75) is 19.8 Å². The molecule has 112 valence electrons. The van der Waals surface area contributed by atoms with E-state index in [9.17, 15) is 4.79 Å². The summed E-state index contributed by atoms with van der Waals surface area (Å²) in [6, 6.07) is 4.90. The Morgan fingerprint density at radius 3 is 2.80 bits per heavy atom. The molecule has 0 aliphatic carbocycles. The van der Waals surface area contributed by atoms with Gasteiger partial charge in [-0.15, -0.1) is 0 Å². The second kappa shape index (κ2) is 9.58. The van der Waals surface area contributed by atoms with E-state index in [4.69, 9.17) is 26.8 Å². The summed E-state index contributed by atoms with van der Waals surface area (Å²) in [5.74, 6) is -0.271. The zero-order chi connectivity index (χ0) is 14.8. The van der Waals surface area contributed by atoms with Crippen LogP contribution in [0.3, 0.4) is 0 Å². The molecule has 0 aliphatic rings. The molecule has 1 aromatic carbocycles. The Balaban J connectivity index is 2.19. The predicted octanol–water partition coefficient (Wildman–Crippen LogP) is 2.69. The lowest BCUT2D eigenvalue weighted by Crippen LogP contribution is -2.20. The smallest absolute Gasteiger partial charge is 0.250 e. The molecule has 0 atom stereocenters. The normalized spacial score (nSPS) is 10.5. The van der Waals surface area contributed by atoms with Gasteiger partial charge in [0, 0.05) is 11.6 Å². The van der Waals surface area contributed by atoms with Crippen LogP contribution in [-0.4, -0.2) is 32.3 Å². The molecule has 20 heavy (non-hydrogen) atoms. The van der Waals surface area contributed by atoms with Crippen molar-refractivity contribution in [3.63, 3.8) is 0 Å². The third-order valence-corrected chi connectivity index (χ3v) is 2.77. The molecule has 0 fully saturated rings. The molecule has 1 rings (SSSR count). The SMILES string of the molecule is CCCCOCCOCC(=O)Nc1cc(Cl)ccc1N. The molecule has 6 heteroatoms. The van der Waals surface area contributed by atoms with Crippen molar-refractivity contribution in [2.24, 2.45) is 0 Å². The Morgan fingerprint density at radius 2 is 2.05 bits per heavy atom. The number of benzene rings is 1. The predicted molar refractivity (Wildman–Crippen MR) is 81.0 cm³/mol. The Kier molecular flexibility index (Phi) is 8.02. The maximum Gasteiger partial charge on any atom is 0.250 e. The summed E-state index contributed by atoms with van der Waals surface area (Å²) in [6.07, 6.45) is 2.14. The summed E-state index contributed by atoms with van der Waals surface area (Å²) in [6.45, 7) is 3.68. The van der Waals surface area contributed by atoms with E-state index in [0.29, 0.717) is 29.6 Å². The van der Waals surface area contributed by atoms with Gasteiger partial charge < -0.3 is 20.5 Å². The Bertz CT molecular complexity index is 427. The zero-order valence-electron chi connectivity index (χ0n) is 11.7. The van der Waals surface area contributed by atoms with Crippen LogP contribution in [0.4, 0.5) is 11.4 Å². The highest BCUT2D eigenvalue weighted by Crippen LogP contribution is 2.22. The number of carbonyl (C=O) groups is 1. The Morgan fingerprint density at radius 1 is 1.30 bits per heavy atom. The molecule has 0 saturated carbocycles. The molecule has 1 aromatic rings. The minimum Gasteiger partial charge on any atom is -0.397 e. The van der Waals surface area contributed by atoms with Crippen molar-refractivity contribution in [3.05, 3.63) is 23.2 Å². The number of rotatable bonds is 9. The highest BCUT2D eigenvalue weighted by atomic mass is 35.5. The zero-order valence-corrected chi connectivity index (χ0v) is 12.4. The van der Waals surface area contributed by atoms with Crippen molar-refractivity contribution in [1.82, 2.24) is 0 Å². The van der Waals surface area contributed by atoms with Gasteiger partial charge in [0.2, 0.25) is 5.91 Å². The molecule has 0 bridgehead atoms. The van der Waals surface area contributed by atoms with E-state index in [2.05, 4.69) is 12.2 Å². The van der Waals surface area contributed by atoms with E-state index in [0.717, 1.165) is 19.4 Å². The van der Waals surface area contributed by atoms with E-state index in [1.165, 1.54) is 0 Å². The molecule has 0 aliphatic heterocycles. The number of nitrogen functional groups attached to an aromatic ring is 1. The molecule has 0 saturated heterocycles. The number of carbonyl (C=O) groups excluding carboxylic acids is 1. The fourth-order valence-corrected chi connectivity index (χ4v) is 1.63. The molecule has 5 nitrogen and oxygen atoms in total. The standard InChI is InChI=1S/C14H21ClN2O3/c1-2-3-6-19-7-8-20-10-14(18)17-13-9-11(15)4-5-12(13)16/h4-5,9H,2-3,6-8,10,16H2,1H3,(H,17,18). The highest BCUT2D eigenvalue weighted by molar-refractivity contribution is 6.31. The van der Waals surface area contributed by atoms with Crippen LogP contribution in [0.25, 0.3) is 0 Å². The van der Waals surface area contributed by atoms with Gasteiger partial charge in [-0.05, 0) is 24.6 Å². The van der Waals surface area contributed by atoms with Gasteiger partial charge in [-0.2, -0.15) is 0 Å². The first kappa shape index (κ1) is 16.8. The van der Waals surface area contributed by atoms with Crippen molar-refractivity contribution >= 4 is 28.9 Å². The number of unbranched alkanes of at least 4 members (excludes halogenated alkanes) is 1. The van der Waals surface area contributed by atoms with Crippen LogP contribution in [0.15, 0.2) is 18.2 Å². The van der Waals surface area contributed by atoms with E-state index >= 15 is 0 Å². The van der Waals surface area contributed by atoms with Crippen molar-refractivity contribution in [3.8, 4) is 0 Å². The van der Waals surface area contributed by atoms with Gasteiger partial charge in [0.05, 0.1) is 24.6 Å². The lowest BCUT2D eigenvalue weighted by Gasteiger charge is -2.09. The molecule has 0 radical (unpaired) electrons. The first-order valence-corrected chi connectivity index (χ1v) is 7.01. The second-order valence-electron chi connectivity index (χ2n) is 4.30. The summed E-state index contributed by atoms with van der Waals surface area (Å²) in [4.78, 5) is 11.6. The van der Waals surface area contributed by atoms with Crippen molar-refractivity contribution in [2.75, 3.05) is 37.5 Å². The molecule has 0 unspecified atom stereocenters.